The first kappa shape index (κ1) is 14.9. The van der Waals surface area contributed by atoms with Crippen molar-refractivity contribution in [2.45, 2.75) is 71.3 Å². The Hall–Kier alpha value is -0.700. The third kappa shape index (κ3) is 1.78. The van der Waals surface area contributed by atoms with Gasteiger partial charge in [0.15, 0.2) is 0 Å². The lowest BCUT2D eigenvalue weighted by atomic mass is 9.45. The Morgan fingerprint density at radius 1 is 1.05 bits per heavy atom. The summed E-state index contributed by atoms with van der Waals surface area (Å²) < 4.78 is 0. The molecule has 3 nitrogen and oxygen atoms in total. The number of Topliss-reactive ketones (excluding diaryl/α,β-unsaturated/α-hetero) is 2. The topological polar surface area (TPSA) is 54.4 Å². The van der Waals surface area contributed by atoms with Gasteiger partial charge in [-0.05, 0) is 61.7 Å². The van der Waals surface area contributed by atoms with Crippen LogP contribution in [-0.2, 0) is 9.59 Å². The number of rotatable bonds is 0. The Morgan fingerprint density at radius 3 is 2.59 bits per heavy atom. The number of aliphatic hydroxyl groups excluding tert-OH is 1. The van der Waals surface area contributed by atoms with E-state index in [1.54, 1.807) is 0 Å². The Kier molecular flexibility index (Phi) is 3.15. The average molecular weight is 304 g/mol. The summed E-state index contributed by atoms with van der Waals surface area (Å²) in [4.78, 5) is 25.3. The molecule has 0 bridgehead atoms. The first-order valence-corrected chi connectivity index (χ1v) is 9.10. The van der Waals surface area contributed by atoms with E-state index in [0.29, 0.717) is 36.2 Å². The average Bonchev–Trinajstić information content (AvgIpc) is 2.77. The van der Waals surface area contributed by atoms with Gasteiger partial charge < -0.3 is 5.11 Å². The van der Waals surface area contributed by atoms with Crippen molar-refractivity contribution in [1.29, 1.82) is 0 Å². The van der Waals surface area contributed by atoms with Crippen molar-refractivity contribution in [3.8, 4) is 0 Å². The van der Waals surface area contributed by atoms with Crippen LogP contribution < -0.4 is 0 Å². The van der Waals surface area contributed by atoms with E-state index in [0.717, 1.165) is 38.5 Å². The van der Waals surface area contributed by atoms with Crippen LogP contribution in [0.25, 0.3) is 0 Å². The fraction of sp³-hybridized carbons (Fsp3) is 0.895. The van der Waals surface area contributed by atoms with Crippen LogP contribution in [0.2, 0.25) is 0 Å². The van der Waals surface area contributed by atoms with E-state index in [2.05, 4.69) is 13.8 Å². The molecule has 0 spiro atoms. The minimum Gasteiger partial charge on any atom is -0.393 e. The van der Waals surface area contributed by atoms with Crippen LogP contribution in [0.1, 0.15) is 65.2 Å². The van der Waals surface area contributed by atoms with Gasteiger partial charge in [-0.25, -0.2) is 0 Å². The molecule has 7 atom stereocenters. The predicted molar refractivity (Wildman–Crippen MR) is 83.1 cm³/mol. The van der Waals surface area contributed by atoms with Crippen molar-refractivity contribution in [3.63, 3.8) is 0 Å². The van der Waals surface area contributed by atoms with E-state index in [4.69, 9.17) is 0 Å². The number of aliphatic hydroxyl groups is 1. The van der Waals surface area contributed by atoms with Crippen LogP contribution in [0.3, 0.4) is 0 Å². The van der Waals surface area contributed by atoms with Crippen molar-refractivity contribution >= 4 is 11.6 Å². The quantitative estimate of drug-likeness (QED) is 0.748. The Morgan fingerprint density at radius 2 is 1.82 bits per heavy atom. The SMILES string of the molecule is C[C@]12CC[C@H](O)C[C@@H]1CC(=O)[C@H]1[C@H]2CC[C@@]2(C)C(=O)CC[C@H]12. The molecule has 22 heavy (non-hydrogen) atoms. The molecule has 4 aliphatic carbocycles. The minimum absolute atomic E-state index is 0.113. The first-order valence-electron chi connectivity index (χ1n) is 9.10. The zero-order valence-electron chi connectivity index (χ0n) is 13.8. The van der Waals surface area contributed by atoms with Crippen LogP contribution in [0.5, 0.6) is 0 Å². The summed E-state index contributed by atoms with van der Waals surface area (Å²) in [5.74, 6) is 1.99. The molecule has 4 rings (SSSR count). The van der Waals surface area contributed by atoms with Gasteiger partial charge in [-0.3, -0.25) is 9.59 Å². The van der Waals surface area contributed by atoms with E-state index in [-0.39, 0.29) is 28.8 Å². The standard InChI is InChI=1S/C19H28O3/c1-18-7-5-12(20)9-11(18)10-15(21)17-13-3-4-16(22)19(13,2)8-6-14(17)18/h11-14,17,20H,3-10H2,1-2H3/t11-,12+,13-,14-,17-,18+,19-/m1/s1. The summed E-state index contributed by atoms with van der Waals surface area (Å²) in [6.45, 7) is 4.49. The van der Waals surface area contributed by atoms with Crippen molar-refractivity contribution in [1.82, 2.24) is 0 Å². The van der Waals surface area contributed by atoms with Crippen molar-refractivity contribution in [2.24, 2.45) is 34.5 Å². The molecule has 4 fully saturated rings. The fourth-order valence-electron chi connectivity index (χ4n) is 6.68. The molecule has 0 aliphatic heterocycles. The second-order valence-electron chi connectivity index (χ2n) is 8.96. The number of ketones is 2. The Labute approximate surface area is 132 Å². The third-order valence-corrected chi connectivity index (χ3v) is 8.15. The van der Waals surface area contributed by atoms with Crippen LogP contribution in [0, 0.1) is 34.5 Å². The molecule has 0 heterocycles. The summed E-state index contributed by atoms with van der Waals surface area (Å²) in [7, 11) is 0. The summed E-state index contributed by atoms with van der Waals surface area (Å²) in [5.41, 5.74) is -0.0288. The van der Waals surface area contributed by atoms with E-state index in [1.165, 1.54) is 0 Å². The largest absolute Gasteiger partial charge is 0.393 e. The second-order valence-corrected chi connectivity index (χ2v) is 8.96. The van der Waals surface area contributed by atoms with Crippen molar-refractivity contribution in [3.05, 3.63) is 0 Å². The van der Waals surface area contributed by atoms with Gasteiger partial charge in [-0.2, -0.15) is 0 Å². The molecule has 0 amide bonds. The van der Waals surface area contributed by atoms with Gasteiger partial charge in [0.25, 0.3) is 0 Å². The zero-order valence-corrected chi connectivity index (χ0v) is 13.8. The van der Waals surface area contributed by atoms with E-state index < -0.39 is 0 Å². The molecular formula is C19H28O3. The number of fused-ring (bicyclic) bond motifs is 5. The van der Waals surface area contributed by atoms with E-state index >= 15 is 0 Å². The molecule has 1 N–H and O–H groups in total. The molecule has 0 aromatic carbocycles. The molecule has 0 unspecified atom stereocenters. The molecule has 0 saturated heterocycles. The molecule has 0 aromatic rings. The van der Waals surface area contributed by atoms with Gasteiger partial charge >= 0.3 is 0 Å². The summed E-state index contributed by atoms with van der Waals surface area (Å²) >= 11 is 0. The Bertz CT molecular complexity index is 527. The molecule has 0 aromatic heterocycles. The highest BCUT2D eigenvalue weighted by Gasteiger charge is 2.62. The van der Waals surface area contributed by atoms with Gasteiger partial charge in [0.2, 0.25) is 0 Å². The van der Waals surface area contributed by atoms with Crippen LogP contribution in [-0.4, -0.2) is 22.8 Å². The molecular weight excluding hydrogens is 276 g/mol. The highest BCUT2D eigenvalue weighted by Crippen LogP contribution is 2.64. The van der Waals surface area contributed by atoms with Crippen LogP contribution in [0.15, 0.2) is 0 Å². The zero-order chi connectivity index (χ0) is 15.7. The lowest BCUT2D eigenvalue weighted by Gasteiger charge is -2.59. The molecule has 0 radical (unpaired) electrons. The van der Waals surface area contributed by atoms with Gasteiger partial charge in [-0.1, -0.05) is 13.8 Å². The lowest BCUT2D eigenvalue weighted by molar-refractivity contribution is -0.160. The molecule has 3 heteroatoms. The van der Waals surface area contributed by atoms with Crippen molar-refractivity contribution in [2.75, 3.05) is 0 Å². The summed E-state index contributed by atoms with van der Waals surface area (Å²) in [6, 6.07) is 0. The Balaban J connectivity index is 1.70. The van der Waals surface area contributed by atoms with Gasteiger partial charge in [-0.15, -0.1) is 0 Å². The fourth-order valence-corrected chi connectivity index (χ4v) is 6.68. The van der Waals surface area contributed by atoms with E-state index in [1.807, 2.05) is 0 Å². The third-order valence-electron chi connectivity index (χ3n) is 8.15. The normalized spacial score (nSPS) is 54.6. The predicted octanol–water partition coefficient (Wildman–Crippen LogP) is 3.14. The highest BCUT2D eigenvalue weighted by molar-refractivity contribution is 5.90. The highest BCUT2D eigenvalue weighted by atomic mass is 16.3. The van der Waals surface area contributed by atoms with E-state index in [9.17, 15) is 14.7 Å². The minimum atomic E-state index is -0.228. The number of carbonyl (C=O) groups excluding carboxylic acids is 2. The summed E-state index contributed by atoms with van der Waals surface area (Å²) in [5, 5.41) is 10.0. The number of hydrogen-bond donors (Lipinski definition) is 1. The summed E-state index contributed by atoms with van der Waals surface area (Å²) in [6.07, 6.45) is 6.73. The van der Waals surface area contributed by atoms with Gasteiger partial charge in [0, 0.05) is 24.2 Å². The smallest absolute Gasteiger partial charge is 0.139 e. The molecule has 4 aliphatic rings. The second kappa shape index (κ2) is 4.66. The maximum absolute atomic E-state index is 12.9. The number of carbonyl (C=O) groups is 2. The maximum Gasteiger partial charge on any atom is 0.139 e. The van der Waals surface area contributed by atoms with Gasteiger partial charge in [0.1, 0.15) is 11.6 Å². The van der Waals surface area contributed by atoms with Crippen LogP contribution >= 0.6 is 0 Å². The monoisotopic (exact) mass is 304 g/mol. The van der Waals surface area contributed by atoms with Crippen molar-refractivity contribution < 1.29 is 14.7 Å². The van der Waals surface area contributed by atoms with Crippen LogP contribution in [0.4, 0.5) is 0 Å². The molecule has 4 saturated carbocycles. The number of hydrogen-bond acceptors (Lipinski definition) is 3. The lowest BCUT2D eigenvalue weighted by Crippen LogP contribution is -2.57. The molecule has 122 valence electrons. The van der Waals surface area contributed by atoms with Gasteiger partial charge in [0.05, 0.1) is 6.10 Å². The first-order chi connectivity index (χ1) is 10.4. The maximum atomic E-state index is 12.9.